The van der Waals surface area contributed by atoms with Crippen LogP contribution in [0.2, 0.25) is 0 Å². The van der Waals surface area contributed by atoms with Crippen molar-refractivity contribution in [2.45, 2.75) is 75.9 Å². The number of fused-ring (bicyclic) bond motifs is 3. The second-order valence-corrected chi connectivity index (χ2v) is 9.60. The maximum absolute atomic E-state index is 13.1. The average Bonchev–Trinajstić information content (AvgIpc) is 3.31. The van der Waals surface area contributed by atoms with E-state index in [9.17, 15) is 9.59 Å². The molecule has 2 aliphatic heterocycles. The van der Waals surface area contributed by atoms with Gasteiger partial charge in [-0.2, -0.15) is 0 Å². The highest BCUT2D eigenvalue weighted by molar-refractivity contribution is 5.90. The van der Waals surface area contributed by atoms with Crippen LogP contribution < -0.4 is 0 Å². The van der Waals surface area contributed by atoms with Crippen molar-refractivity contribution in [1.29, 1.82) is 0 Å². The molecule has 5 rings (SSSR count). The highest BCUT2D eigenvalue weighted by atomic mass is 16.8. The molecule has 0 radical (unpaired) electrons. The van der Waals surface area contributed by atoms with Crippen molar-refractivity contribution in [3.8, 4) is 0 Å². The minimum Gasteiger partial charge on any atom is -0.452 e. The van der Waals surface area contributed by atoms with Crippen molar-refractivity contribution in [2.24, 2.45) is 0 Å². The van der Waals surface area contributed by atoms with Gasteiger partial charge in [-0.25, -0.2) is 9.59 Å². The summed E-state index contributed by atoms with van der Waals surface area (Å²) in [5.74, 6) is -3.03. The molecule has 3 aliphatic rings. The molecule has 0 aromatic heterocycles. The third kappa shape index (κ3) is 4.34. The van der Waals surface area contributed by atoms with Crippen LogP contribution in [0, 0.1) is 0 Å². The van der Waals surface area contributed by atoms with Gasteiger partial charge in [-0.05, 0) is 52.0 Å². The Kier molecular flexibility index (Phi) is 5.72. The maximum Gasteiger partial charge on any atom is 0.338 e. The van der Waals surface area contributed by atoms with E-state index in [0.717, 1.165) is 0 Å². The van der Waals surface area contributed by atoms with Crippen molar-refractivity contribution >= 4 is 11.9 Å². The molecule has 8 nitrogen and oxygen atoms in total. The number of rotatable bonds is 4. The standard InChI is InChI=1S/C26H28O8/c1-25(2)31-19-17(29-23(27)15-11-7-5-8-12-15)18(30-24(28)16-13-9-6-10-14-16)20-22(21(19)33-25)34-26(3,4)32-20/h5-14,17-22H,1-4H3/t17-,18-,19-,20+,21-,22-/m0/s1. The fraction of sp³-hybridized carbons (Fsp3) is 0.462. The van der Waals surface area contributed by atoms with Gasteiger partial charge < -0.3 is 28.4 Å². The van der Waals surface area contributed by atoms with E-state index in [1.807, 2.05) is 12.1 Å². The normalized spacial score (nSPS) is 32.9. The van der Waals surface area contributed by atoms with E-state index < -0.39 is 60.1 Å². The van der Waals surface area contributed by atoms with Gasteiger partial charge in [0.05, 0.1) is 11.1 Å². The fourth-order valence-electron chi connectivity index (χ4n) is 4.82. The number of ether oxygens (including phenoxy) is 6. The van der Waals surface area contributed by atoms with Crippen molar-refractivity contribution in [2.75, 3.05) is 0 Å². The highest BCUT2D eigenvalue weighted by Gasteiger charge is 2.66. The highest BCUT2D eigenvalue weighted by Crippen LogP contribution is 2.46. The summed E-state index contributed by atoms with van der Waals surface area (Å²) in [5.41, 5.74) is 0.743. The fourth-order valence-corrected chi connectivity index (χ4v) is 4.82. The Morgan fingerprint density at radius 2 is 0.912 bits per heavy atom. The summed E-state index contributed by atoms with van der Waals surface area (Å²) in [4.78, 5) is 26.1. The lowest BCUT2D eigenvalue weighted by molar-refractivity contribution is -0.185. The van der Waals surface area contributed by atoms with E-state index in [4.69, 9.17) is 28.4 Å². The molecule has 6 atom stereocenters. The molecule has 0 N–H and O–H groups in total. The summed E-state index contributed by atoms with van der Waals surface area (Å²) in [5, 5.41) is 0. The lowest BCUT2D eigenvalue weighted by Gasteiger charge is -2.41. The lowest BCUT2D eigenvalue weighted by Crippen LogP contribution is -2.63. The number of carbonyl (C=O) groups is 2. The Morgan fingerprint density at radius 1 is 0.588 bits per heavy atom. The van der Waals surface area contributed by atoms with Gasteiger partial charge in [0.1, 0.15) is 24.4 Å². The van der Waals surface area contributed by atoms with E-state index in [1.165, 1.54) is 0 Å². The minimum absolute atomic E-state index is 0.372. The molecule has 2 aromatic carbocycles. The Bertz CT molecular complexity index is 965. The van der Waals surface area contributed by atoms with Crippen LogP contribution in [-0.2, 0) is 28.4 Å². The van der Waals surface area contributed by atoms with Gasteiger partial charge >= 0.3 is 11.9 Å². The van der Waals surface area contributed by atoms with Crippen molar-refractivity contribution in [3.63, 3.8) is 0 Å². The second-order valence-electron chi connectivity index (χ2n) is 9.60. The van der Waals surface area contributed by atoms with Gasteiger partial charge in [0.2, 0.25) is 0 Å². The predicted molar refractivity (Wildman–Crippen MR) is 119 cm³/mol. The van der Waals surface area contributed by atoms with Crippen LogP contribution >= 0.6 is 0 Å². The molecule has 2 heterocycles. The third-order valence-corrected chi connectivity index (χ3v) is 6.13. The van der Waals surface area contributed by atoms with Crippen molar-refractivity contribution < 1.29 is 38.0 Å². The van der Waals surface area contributed by atoms with Crippen LogP contribution in [0.15, 0.2) is 60.7 Å². The molecule has 0 bridgehead atoms. The summed E-state index contributed by atoms with van der Waals surface area (Å²) in [6.45, 7) is 7.12. The molecule has 34 heavy (non-hydrogen) atoms. The molecule has 1 aliphatic carbocycles. The largest absolute Gasteiger partial charge is 0.452 e. The first kappa shape index (κ1) is 23.0. The Morgan fingerprint density at radius 3 is 1.26 bits per heavy atom. The second kappa shape index (κ2) is 8.46. The van der Waals surface area contributed by atoms with Crippen LogP contribution in [0.5, 0.6) is 0 Å². The molecular weight excluding hydrogens is 440 g/mol. The van der Waals surface area contributed by atoms with E-state index in [-0.39, 0.29) is 0 Å². The van der Waals surface area contributed by atoms with Gasteiger partial charge in [0, 0.05) is 0 Å². The molecular formula is C26H28O8. The SMILES string of the molecule is CC1(C)O[C@@H]2[C@H]3OC(C)(C)O[C@H]3[C@@H](OC(=O)c3ccccc3)[C@H](OC(=O)c3ccccc3)[C@H]2O1. The van der Waals surface area contributed by atoms with Gasteiger partial charge in [0.25, 0.3) is 0 Å². The Balaban J connectivity index is 1.51. The minimum atomic E-state index is -0.981. The molecule has 2 aromatic rings. The van der Waals surface area contributed by atoms with E-state index in [0.29, 0.717) is 11.1 Å². The maximum atomic E-state index is 13.1. The van der Waals surface area contributed by atoms with Crippen molar-refractivity contribution in [3.05, 3.63) is 71.8 Å². The first-order valence-electron chi connectivity index (χ1n) is 11.4. The molecule has 2 saturated heterocycles. The van der Waals surface area contributed by atoms with Crippen LogP contribution in [0.25, 0.3) is 0 Å². The van der Waals surface area contributed by atoms with Gasteiger partial charge in [0.15, 0.2) is 23.8 Å². The molecule has 0 amide bonds. The molecule has 3 fully saturated rings. The quantitative estimate of drug-likeness (QED) is 0.630. The zero-order valence-corrected chi connectivity index (χ0v) is 19.5. The summed E-state index contributed by atoms with van der Waals surface area (Å²) in [7, 11) is 0. The Labute approximate surface area is 198 Å². The van der Waals surface area contributed by atoms with Gasteiger partial charge in [-0.15, -0.1) is 0 Å². The summed E-state index contributed by atoms with van der Waals surface area (Å²) < 4.78 is 36.6. The number of benzene rings is 2. The van der Waals surface area contributed by atoms with Gasteiger partial charge in [-0.1, -0.05) is 36.4 Å². The smallest absolute Gasteiger partial charge is 0.338 e. The monoisotopic (exact) mass is 468 g/mol. The molecule has 180 valence electrons. The number of carbonyl (C=O) groups excluding carboxylic acids is 2. The first-order chi connectivity index (χ1) is 16.1. The van der Waals surface area contributed by atoms with Crippen LogP contribution in [0.4, 0.5) is 0 Å². The van der Waals surface area contributed by atoms with Crippen LogP contribution in [0.3, 0.4) is 0 Å². The topological polar surface area (TPSA) is 89.5 Å². The summed E-state index contributed by atoms with van der Waals surface area (Å²) >= 11 is 0. The van der Waals surface area contributed by atoms with Crippen molar-refractivity contribution in [1.82, 2.24) is 0 Å². The molecule has 8 heteroatoms. The summed E-state index contributed by atoms with van der Waals surface area (Å²) in [6.07, 6.45) is -4.58. The number of hydrogen-bond donors (Lipinski definition) is 0. The first-order valence-corrected chi connectivity index (χ1v) is 11.4. The lowest BCUT2D eigenvalue weighted by atomic mass is 9.84. The Hall–Kier alpha value is -2.78. The predicted octanol–water partition coefficient (Wildman–Crippen LogP) is 3.49. The zero-order valence-electron chi connectivity index (χ0n) is 19.5. The van der Waals surface area contributed by atoms with Gasteiger partial charge in [-0.3, -0.25) is 0 Å². The van der Waals surface area contributed by atoms with Crippen LogP contribution in [-0.4, -0.2) is 60.1 Å². The van der Waals surface area contributed by atoms with E-state index in [2.05, 4.69) is 0 Å². The zero-order chi connectivity index (χ0) is 24.1. The average molecular weight is 469 g/mol. The number of esters is 2. The third-order valence-electron chi connectivity index (χ3n) is 6.13. The van der Waals surface area contributed by atoms with E-state index >= 15 is 0 Å². The molecule has 1 saturated carbocycles. The molecule has 0 spiro atoms. The number of hydrogen-bond acceptors (Lipinski definition) is 8. The van der Waals surface area contributed by atoms with E-state index in [1.54, 1.807) is 76.2 Å². The van der Waals surface area contributed by atoms with Crippen LogP contribution in [0.1, 0.15) is 48.4 Å². The summed E-state index contributed by atoms with van der Waals surface area (Å²) in [6, 6.07) is 17.2. The molecule has 0 unspecified atom stereocenters.